The smallest absolute Gasteiger partial charge is 0.487 e. The molecule has 0 radical (unpaired) electrons. The molecule has 23 heavy (non-hydrogen) atoms. The number of quaternary nitrogens is 1. The van der Waals surface area contributed by atoms with Crippen molar-refractivity contribution in [1.29, 1.82) is 0 Å². The number of ether oxygens (including phenoxy) is 3. The van der Waals surface area contributed by atoms with Crippen LogP contribution in [0.25, 0.3) is 0 Å². The number of aryl methyl sites for hydroxylation is 1. The predicted molar refractivity (Wildman–Crippen MR) is 90.7 cm³/mol. The van der Waals surface area contributed by atoms with E-state index < -0.39 is 6.16 Å². The van der Waals surface area contributed by atoms with E-state index in [-0.39, 0.29) is 12.0 Å². The van der Waals surface area contributed by atoms with Gasteiger partial charge in [0, 0.05) is 5.56 Å². The summed E-state index contributed by atoms with van der Waals surface area (Å²) >= 11 is 0. The van der Waals surface area contributed by atoms with Gasteiger partial charge in [0.05, 0.1) is 20.2 Å². The zero-order valence-corrected chi connectivity index (χ0v) is 15.4. The van der Waals surface area contributed by atoms with Crippen LogP contribution in [-0.4, -0.2) is 39.5 Å². The van der Waals surface area contributed by atoms with Gasteiger partial charge >= 0.3 is 6.16 Å². The van der Waals surface area contributed by atoms with Gasteiger partial charge in [-0.15, -0.1) is 0 Å². The third-order valence-electron chi connectivity index (χ3n) is 3.31. The molecule has 5 heteroatoms. The van der Waals surface area contributed by atoms with Crippen molar-refractivity contribution in [3.8, 4) is 11.5 Å². The van der Waals surface area contributed by atoms with Crippen molar-refractivity contribution in [3.05, 3.63) is 23.3 Å². The van der Waals surface area contributed by atoms with Crippen LogP contribution >= 0.6 is 0 Å². The van der Waals surface area contributed by atoms with Crippen LogP contribution in [0.3, 0.4) is 0 Å². The van der Waals surface area contributed by atoms with E-state index in [4.69, 9.17) is 14.2 Å². The second-order valence-electron chi connectivity index (χ2n) is 6.63. The standard InChI is InChI=1S/C18H29NO4/c1-12(2)15-11-16(23-18(20)22-13(3)4)14(5)10-17(15)21-9-8-19(6)7/h10-13H,8-9H2,1-7H3/p+1. The first-order valence-corrected chi connectivity index (χ1v) is 8.15. The first kappa shape index (κ1) is 19.3. The summed E-state index contributed by atoms with van der Waals surface area (Å²) in [5.74, 6) is 1.63. The maximum atomic E-state index is 11.7. The number of carbonyl (C=O) groups excluding carboxylic acids is 1. The molecular formula is C18H30NO4+. The van der Waals surface area contributed by atoms with Gasteiger partial charge in [0.25, 0.3) is 0 Å². The molecule has 0 aliphatic heterocycles. The largest absolute Gasteiger partial charge is 0.514 e. The van der Waals surface area contributed by atoms with Crippen molar-refractivity contribution in [2.75, 3.05) is 27.2 Å². The minimum atomic E-state index is -0.678. The molecule has 1 aromatic carbocycles. The van der Waals surface area contributed by atoms with E-state index in [0.29, 0.717) is 12.4 Å². The zero-order chi connectivity index (χ0) is 17.6. The maximum absolute atomic E-state index is 11.7. The molecule has 0 unspecified atom stereocenters. The normalized spacial score (nSPS) is 11.2. The molecule has 0 spiro atoms. The lowest BCUT2D eigenvalue weighted by Crippen LogP contribution is -3.06. The van der Waals surface area contributed by atoms with Crippen LogP contribution in [0.5, 0.6) is 11.5 Å². The molecule has 1 rings (SSSR count). The van der Waals surface area contributed by atoms with E-state index >= 15 is 0 Å². The minimum absolute atomic E-state index is 0.205. The molecule has 0 aromatic heterocycles. The lowest BCUT2D eigenvalue weighted by molar-refractivity contribution is -0.858. The topological polar surface area (TPSA) is 49.2 Å². The highest BCUT2D eigenvalue weighted by Crippen LogP contribution is 2.33. The van der Waals surface area contributed by atoms with E-state index in [1.54, 1.807) is 13.8 Å². The van der Waals surface area contributed by atoms with Crippen LogP contribution < -0.4 is 14.4 Å². The molecule has 0 bridgehead atoms. The Bertz CT molecular complexity index is 524. The van der Waals surface area contributed by atoms with Gasteiger partial charge in [0.2, 0.25) is 0 Å². The lowest BCUT2D eigenvalue weighted by Gasteiger charge is -2.18. The Morgan fingerprint density at radius 2 is 1.78 bits per heavy atom. The van der Waals surface area contributed by atoms with Crippen LogP contribution in [0.4, 0.5) is 4.79 Å². The molecular weight excluding hydrogens is 294 g/mol. The highest BCUT2D eigenvalue weighted by atomic mass is 16.7. The molecule has 1 aromatic rings. The average Bonchev–Trinajstić information content (AvgIpc) is 2.39. The summed E-state index contributed by atoms with van der Waals surface area (Å²) < 4.78 is 16.3. The first-order valence-electron chi connectivity index (χ1n) is 8.15. The fourth-order valence-corrected chi connectivity index (χ4v) is 2.03. The Hall–Kier alpha value is -1.75. The highest BCUT2D eigenvalue weighted by Gasteiger charge is 2.16. The fourth-order valence-electron chi connectivity index (χ4n) is 2.03. The summed E-state index contributed by atoms with van der Waals surface area (Å²) in [5.41, 5.74) is 1.87. The van der Waals surface area contributed by atoms with Gasteiger partial charge in [-0.05, 0) is 44.4 Å². The van der Waals surface area contributed by atoms with Gasteiger partial charge in [0.1, 0.15) is 24.7 Å². The molecule has 0 saturated carbocycles. The zero-order valence-electron chi connectivity index (χ0n) is 15.4. The fraction of sp³-hybridized carbons (Fsp3) is 0.611. The van der Waals surface area contributed by atoms with Gasteiger partial charge in [0.15, 0.2) is 0 Å². The number of benzene rings is 1. The van der Waals surface area contributed by atoms with Crippen LogP contribution in [0.15, 0.2) is 12.1 Å². The minimum Gasteiger partial charge on any atom is -0.487 e. The maximum Gasteiger partial charge on any atom is 0.514 e. The summed E-state index contributed by atoms with van der Waals surface area (Å²) in [6.45, 7) is 11.2. The van der Waals surface area contributed by atoms with Crippen molar-refractivity contribution in [1.82, 2.24) is 0 Å². The lowest BCUT2D eigenvalue weighted by atomic mass is 10.00. The number of rotatable bonds is 7. The molecule has 1 N–H and O–H groups in total. The second-order valence-corrected chi connectivity index (χ2v) is 6.63. The second kappa shape index (κ2) is 8.77. The SMILES string of the molecule is Cc1cc(OCC[NH+](C)C)c(C(C)C)cc1OC(=O)OC(C)C. The Labute approximate surface area is 139 Å². The van der Waals surface area contributed by atoms with Gasteiger partial charge in [-0.2, -0.15) is 0 Å². The summed E-state index contributed by atoms with van der Waals surface area (Å²) in [6.07, 6.45) is -0.883. The van der Waals surface area contributed by atoms with Crippen molar-refractivity contribution < 1.29 is 23.9 Å². The number of nitrogens with one attached hydrogen (secondary N) is 1. The molecule has 5 nitrogen and oxygen atoms in total. The molecule has 0 amide bonds. The van der Waals surface area contributed by atoms with Crippen molar-refractivity contribution in [2.24, 2.45) is 0 Å². The summed E-state index contributed by atoms with van der Waals surface area (Å²) in [4.78, 5) is 13.0. The molecule has 0 atom stereocenters. The Morgan fingerprint density at radius 1 is 1.13 bits per heavy atom. The predicted octanol–water partition coefficient (Wildman–Crippen LogP) is 2.57. The van der Waals surface area contributed by atoms with Crippen molar-refractivity contribution >= 4 is 6.16 Å². The first-order chi connectivity index (χ1) is 10.7. The van der Waals surface area contributed by atoms with Crippen LogP contribution in [-0.2, 0) is 4.74 Å². The van der Waals surface area contributed by atoms with Gasteiger partial charge < -0.3 is 19.1 Å². The quantitative estimate of drug-likeness (QED) is 0.619. The molecule has 0 saturated heterocycles. The molecule has 0 aliphatic carbocycles. The van der Waals surface area contributed by atoms with Crippen molar-refractivity contribution in [2.45, 2.75) is 46.6 Å². The Balaban J connectivity index is 2.94. The summed E-state index contributed by atoms with van der Waals surface area (Å²) in [7, 11) is 4.19. The molecule has 0 aliphatic rings. The highest BCUT2D eigenvalue weighted by molar-refractivity contribution is 5.65. The van der Waals surface area contributed by atoms with Crippen molar-refractivity contribution in [3.63, 3.8) is 0 Å². The number of carbonyl (C=O) groups is 1. The molecule has 0 fully saturated rings. The van der Waals surface area contributed by atoms with Crippen LogP contribution in [0, 0.1) is 6.92 Å². The van der Waals surface area contributed by atoms with Gasteiger partial charge in [-0.3, -0.25) is 0 Å². The van der Waals surface area contributed by atoms with Crippen LogP contribution in [0.2, 0.25) is 0 Å². The molecule has 0 heterocycles. The number of hydrogen-bond donors (Lipinski definition) is 1. The number of hydrogen-bond acceptors (Lipinski definition) is 4. The summed E-state index contributed by atoms with van der Waals surface area (Å²) in [5, 5.41) is 0. The van der Waals surface area contributed by atoms with E-state index in [0.717, 1.165) is 23.4 Å². The van der Waals surface area contributed by atoms with E-state index in [1.807, 2.05) is 19.1 Å². The van der Waals surface area contributed by atoms with E-state index in [1.165, 1.54) is 4.90 Å². The summed E-state index contributed by atoms with van der Waals surface area (Å²) in [6, 6.07) is 3.80. The molecule has 130 valence electrons. The Kier molecular flexibility index (Phi) is 7.36. The monoisotopic (exact) mass is 324 g/mol. The third kappa shape index (κ3) is 6.48. The third-order valence-corrected chi connectivity index (χ3v) is 3.31. The number of likely N-dealkylation sites (N-methyl/N-ethyl adjacent to an activating group) is 1. The van der Waals surface area contributed by atoms with Gasteiger partial charge in [-0.1, -0.05) is 13.8 Å². The van der Waals surface area contributed by atoms with E-state index in [2.05, 4.69) is 27.9 Å². The van der Waals surface area contributed by atoms with Crippen LogP contribution in [0.1, 0.15) is 44.7 Å². The average molecular weight is 324 g/mol. The Morgan fingerprint density at radius 3 is 2.30 bits per heavy atom. The van der Waals surface area contributed by atoms with Gasteiger partial charge in [-0.25, -0.2) is 4.79 Å². The van der Waals surface area contributed by atoms with E-state index in [9.17, 15) is 4.79 Å².